The fourth-order valence-electron chi connectivity index (χ4n) is 3.53. The van der Waals surface area contributed by atoms with Gasteiger partial charge in [-0.2, -0.15) is 0 Å². The van der Waals surface area contributed by atoms with Gasteiger partial charge in [-0.25, -0.2) is 0 Å². The Balaban J connectivity index is 1.43. The minimum absolute atomic E-state index is 0.0236. The average molecular weight is 468 g/mol. The Morgan fingerprint density at radius 3 is 2.16 bits per heavy atom. The number of rotatable bonds is 7. The third kappa shape index (κ3) is 4.44. The van der Waals surface area contributed by atoms with Gasteiger partial charge in [-0.3, -0.25) is 29.0 Å². The molecule has 2 aromatic carbocycles. The molecule has 0 spiro atoms. The molecule has 0 unspecified atom stereocenters. The largest absolute Gasteiger partial charge is 0.351 e. The number of thioether (sulfide) groups is 2. The van der Waals surface area contributed by atoms with Gasteiger partial charge in [0, 0.05) is 25.3 Å². The lowest BCUT2D eigenvalue weighted by Crippen LogP contribution is -2.44. The fourth-order valence-corrected chi connectivity index (χ4v) is 5.52. The molecule has 2 aliphatic rings. The van der Waals surface area contributed by atoms with Crippen molar-refractivity contribution in [1.29, 1.82) is 0 Å². The molecule has 164 valence electrons. The molecule has 2 saturated heterocycles. The molecule has 32 heavy (non-hydrogen) atoms. The summed E-state index contributed by atoms with van der Waals surface area (Å²) in [6.45, 7) is 2.43. The highest BCUT2D eigenvalue weighted by Gasteiger charge is 2.44. The van der Waals surface area contributed by atoms with E-state index in [4.69, 9.17) is 0 Å². The molecule has 0 radical (unpaired) electrons. The Hall–Kier alpha value is -3.04. The van der Waals surface area contributed by atoms with Crippen molar-refractivity contribution in [3.8, 4) is 0 Å². The zero-order chi connectivity index (χ0) is 22.7. The maximum Gasteiger partial charge on any atom is 0.293 e. The third-order valence-electron chi connectivity index (χ3n) is 5.14. The first kappa shape index (κ1) is 22.2. The Morgan fingerprint density at radius 1 is 0.875 bits per heavy atom. The van der Waals surface area contributed by atoms with E-state index in [0.717, 1.165) is 44.6 Å². The van der Waals surface area contributed by atoms with E-state index in [1.807, 2.05) is 72.5 Å². The predicted octanol–water partition coefficient (Wildman–Crippen LogP) is 4.27. The van der Waals surface area contributed by atoms with E-state index in [9.17, 15) is 19.2 Å². The summed E-state index contributed by atoms with van der Waals surface area (Å²) in [5, 5.41) is -1.44. The summed E-state index contributed by atoms with van der Waals surface area (Å²) in [5.74, 6) is -0.746. The number of likely N-dealkylation sites (N-methyl/N-ethyl adjacent to an activating group) is 1. The number of carbonyl (C=O) groups excluding carboxylic acids is 4. The average Bonchev–Trinajstić information content (AvgIpc) is 3.23. The summed E-state index contributed by atoms with van der Waals surface area (Å²) in [6, 6.07) is 18.7. The fraction of sp³-hybridized carbons (Fsp3) is 0.217. The summed E-state index contributed by atoms with van der Waals surface area (Å²) in [6.07, 6.45) is 1.67. The number of hydrogen-bond acceptors (Lipinski definition) is 7. The Morgan fingerprint density at radius 2 is 1.50 bits per heavy atom. The van der Waals surface area contributed by atoms with Crippen LogP contribution in [0.1, 0.15) is 12.5 Å². The van der Waals surface area contributed by atoms with E-state index in [1.54, 1.807) is 6.08 Å². The highest BCUT2D eigenvalue weighted by Crippen LogP contribution is 2.34. The van der Waals surface area contributed by atoms with Crippen LogP contribution in [-0.4, -0.2) is 57.1 Å². The van der Waals surface area contributed by atoms with Gasteiger partial charge in [0.25, 0.3) is 22.3 Å². The van der Waals surface area contributed by atoms with Crippen molar-refractivity contribution in [2.45, 2.75) is 12.3 Å². The van der Waals surface area contributed by atoms with Crippen LogP contribution in [0.25, 0.3) is 6.08 Å². The second kappa shape index (κ2) is 9.62. The second-order valence-electron chi connectivity index (χ2n) is 7.09. The van der Waals surface area contributed by atoms with Crippen molar-refractivity contribution in [2.75, 3.05) is 24.5 Å². The van der Waals surface area contributed by atoms with E-state index in [1.165, 1.54) is 0 Å². The smallest absolute Gasteiger partial charge is 0.293 e. The highest BCUT2D eigenvalue weighted by atomic mass is 32.2. The van der Waals surface area contributed by atoms with E-state index in [-0.39, 0.29) is 24.2 Å². The molecule has 4 rings (SSSR count). The van der Waals surface area contributed by atoms with Gasteiger partial charge in [0.15, 0.2) is 5.37 Å². The van der Waals surface area contributed by atoms with Crippen molar-refractivity contribution >= 4 is 57.6 Å². The molecular weight excluding hydrogens is 446 g/mol. The van der Waals surface area contributed by atoms with Crippen LogP contribution in [0.2, 0.25) is 0 Å². The molecule has 0 aliphatic carbocycles. The zero-order valence-corrected chi connectivity index (χ0v) is 19.0. The lowest BCUT2D eigenvalue weighted by atomic mass is 10.2. The number of anilines is 1. The zero-order valence-electron chi connectivity index (χ0n) is 17.3. The van der Waals surface area contributed by atoms with Crippen LogP contribution in [0.3, 0.4) is 0 Å². The first-order chi connectivity index (χ1) is 15.5. The van der Waals surface area contributed by atoms with Gasteiger partial charge in [0.2, 0.25) is 0 Å². The minimum atomic E-state index is -0.664. The van der Waals surface area contributed by atoms with E-state index in [0.29, 0.717) is 11.4 Å². The van der Waals surface area contributed by atoms with E-state index in [2.05, 4.69) is 0 Å². The minimum Gasteiger partial charge on any atom is -0.351 e. The van der Waals surface area contributed by atoms with Gasteiger partial charge in [-0.1, -0.05) is 48.5 Å². The summed E-state index contributed by atoms with van der Waals surface area (Å²) >= 11 is 1.82. The molecule has 7 nitrogen and oxygen atoms in total. The molecule has 4 amide bonds. The van der Waals surface area contributed by atoms with Crippen LogP contribution in [0.4, 0.5) is 15.3 Å². The Kier molecular flexibility index (Phi) is 6.66. The number of hydrogen-bond donors (Lipinski definition) is 0. The van der Waals surface area contributed by atoms with Crippen molar-refractivity contribution < 1.29 is 19.2 Å². The van der Waals surface area contributed by atoms with Gasteiger partial charge in [0.1, 0.15) is 0 Å². The van der Waals surface area contributed by atoms with Crippen molar-refractivity contribution in [3.05, 3.63) is 71.1 Å². The molecular formula is C23H21N3O4S2. The molecule has 2 aliphatic heterocycles. The number of imide groups is 2. The van der Waals surface area contributed by atoms with Crippen LogP contribution >= 0.6 is 23.5 Å². The monoisotopic (exact) mass is 467 g/mol. The first-order valence-electron chi connectivity index (χ1n) is 10.1. The highest BCUT2D eigenvalue weighted by molar-refractivity contribution is 8.18. The van der Waals surface area contributed by atoms with Gasteiger partial charge in [-0.05, 0) is 54.2 Å². The molecule has 2 heterocycles. The normalized spacial score (nSPS) is 20.0. The molecule has 0 aromatic heterocycles. The number of amides is 4. The molecule has 0 saturated carbocycles. The molecule has 9 heteroatoms. The molecule has 1 atom stereocenters. The van der Waals surface area contributed by atoms with Gasteiger partial charge >= 0.3 is 0 Å². The second-order valence-corrected chi connectivity index (χ2v) is 9.12. The van der Waals surface area contributed by atoms with Crippen molar-refractivity contribution in [1.82, 2.24) is 9.80 Å². The molecule has 0 bridgehead atoms. The molecule has 2 fully saturated rings. The maximum absolute atomic E-state index is 13.0. The van der Waals surface area contributed by atoms with E-state index < -0.39 is 16.5 Å². The summed E-state index contributed by atoms with van der Waals surface area (Å²) in [7, 11) is 0. The van der Waals surface area contributed by atoms with Crippen molar-refractivity contribution in [3.63, 3.8) is 0 Å². The topological polar surface area (TPSA) is 78.0 Å². The van der Waals surface area contributed by atoms with Crippen LogP contribution in [0.15, 0.2) is 65.6 Å². The van der Waals surface area contributed by atoms with Gasteiger partial charge in [-0.15, -0.1) is 0 Å². The van der Waals surface area contributed by atoms with Gasteiger partial charge in [0.05, 0.1) is 4.91 Å². The number of benzene rings is 2. The van der Waals surface area contributed by atoms with Gasteiger partial charge < -0.3 is 4.90 Å². The number of carbonyl (C=O) groups is 4. The predicted molar refractivity (Wildman–Crippen MR) is 127 cm³/mol. The summed E-state index contributed by atoms with van der Waals surface area (Å²) < 4.78 is 0. The van der Waals surface area contributed by atoms with Crippen LogP contribution < -0.4 is 4.90 Å². The number of para-hydroxylation sites is 1. The summed E-state index contributed by atoms with van der Waals surface area (Å²) in [5.41, 5.74) is 1.68. The van der Waals surface area contributed by atoms with E-state index >= 15 is 0 Å². The summed E-state index contributed by atoms with van der Waals surface area (Å²) in [4.78, 5) is 55.1. The third-order valence-corrected chi connectivity index (χ3v) is 7.15. The van der Waals surface area contributed by atoms with Crippen LogP contribution in [-0.2, 0) is 9.59 Å². The standard InChI is InChI=1S/C23H21N3O4S2/c1-2-24(17-11-7-4-8-12-17)21-20(28)26(23(30)32-21)14-13-25-19(27)18(31-22(25)29)15-16-9-5-3-6-10-16/h3-12,15,21H,2,13-14H2,1H3/b18-15+/t21-/m1/s1. The van der Waals surface area contributed by atoms with Crippen LogP contribution in [0, 0.1) is 0 Å². The SMILES string of the molecule is CCN(c1ccccc1)[C@@H]1SC(=O)N(CCN2C(=O)S/C(=C/c3ccccc3)C2=O)C1=O. The Bertz CT molecular complexity index is 1080. The quantitative estimate of drug-likeness (QED) is 0.563. The van der Waals surface area contributed by atoms with Crippen LogP contribution in [0.5, 0.6) is 0 Å². The maximum atomic E-state index is 13.0. The number of nitrogens with zero attached hydrogens (tertiary/aromatic N) is 3. The lowest BCUT2D eigenvalue weighted by Gasteiger charge is -2.27. The first-order valence-corrected chi connectivity index (χ1v) is 11.8. The Labute approximate surface area is 194 Å². The molecule has 0 N–H and O–H groups in total. The lowest BCUT2D eigenvalue weighted by molar-refractivity contribution is -0.128. The van der Waals surface area contributed by atoms with Crippen molar-refractivity contribution in [2.24, 2.45) is 0 Å². The molecule has 2 aromatic rings.